The summed E-state index contributed by atoms with van der Waals surface area (Å²) in [4.78, 5) is 11.2. The maximum atomic E-state index is 11.2. The van der Waals surface area contributed by atoms with Gasteiger partial charge in [0.05, 0.1) is 7.11 Å². The maximum Gasteiger partial charge on any atom is 0.259 e. The number of phenols is 1. The number of nitrogens with zero attached hydrogens (tertiary/aromatic N) is 1. The molecule has 0 radical (unpaired) electrons. The van der Waals surface area contributed by atoms with Crippen LogP contribution >= 0.6 is 23.4 Å². The van der Waals surface area contributed by atoms with Gasteiger partial charge in [-0.1, -0.05) is 23.7 Å². The number of carbonyl (C=O) groups excluding carboxylic acids is 1. The molecule has 0 spiro atoms. The highest BCUT2D eigenvalue weighted by atomic mass is 35.5. The molecule has 0 aliphatic heterocycles. The maximum absolute atomic E-state index is 11.2. The van der Waals surface area contributed by atoms with E-state index in [1.165, 1.54) is 13.2 Å². The highest BCUT2D eigenvalue weighted by Crippen LogP contribution is 2.35. The number of halogens is 1. The molecule has 0 heterocycles. The van der Waals surface area contributed by atoms with E-state index < -0.39 is 5.91 Å². The predicted octanol–water partition coefficient (Wildman–Crippen LogP) is 3.88. The summed E-state index contributed by atoms with van der Waals surface area (Å²) >= 11 is 7.48. The molecule has 3 N–H and O–H groups in total. The Morgan fingerprint density at radius 1 is 1.35 bits per heavy atom. The lowest BCUT2D eigenvalue weighted by atomic mass is 10.1. The lowest BCUT2D eigenvalue weighted by Gasteiger charge is -2.11. The Morgan fingerprint density at radius 3 is 2.62 bits per heavy atom. The second kappa shape index (κ2) is 9.18. The minimum atomic E-state index is -0.807. The molecule has 2 aromatic carbocycles. The summed E-state index contributed by atoms with van der Waals surface area (Å²) in [7, 11) is 1.44. The quantitative estimate of drug-likeness (QED) is 0.554. The number of rotatable bonds is 7. The normalized spacial score (nSPS) is 11.0. The van der Waals surface area contributed by atoms with Gasteiger partial charge in [-0.25, -0.2) is 0 Å². The first-order chi connectivity index (χ1) is 12.4. The number of benzene rings is 2. The third-order valence-electron chi connectivity index (χ3n) is 3.53. The summed E-state index contributed by atoms with van der Waals surface area (Å²) < 4.78 is 5.18. The molecule has 134 valence electrons. The summed E-state index contributed by atoms with van der Waals surface area (Å²) in [6.07, 6.45) is 1.37. The lowest BCUT2D eigenvalue weighted by molar-refractivity contribution is -0.114. The average molecular weight is 389 g/mol. The van der Waals surface area contributed by atoms with Crippen LogP contribution in [-0.2, 0) is 16.3 Å². The molecule has 0 saturated carbocycles. The highest BCUT2D eigenvalue weighted by molar-refractivity contribution is 7.97. The molecular formula is C19H17ClN2O3S. The van der Waals surface area contributed by atoms with Crippen LogP contribution in [0.3, 0.4) is 0 Å². The first-order valence-corrected chi connectivity index (χ1v) is 9.11. The number of hydrogen-bond donors (Lipinski definition) is 2. The van der Waals surface area contributed by atoms with Crippen molar-refractivity contribution >= 4 is 35.3 Å². The Balaban J connectivity index is 2.21. The molecule has 2 aromatic rings. The largest absolute Gasteiger partial charge is 0.504 e. The zero-order chi connectivity index (χ0) is 19.1. The summed E-state index contributed by atoms with van der Waals surface area (Å²) in [6.45, 7) is 0. The van der Waals surface area contributed by atoms with Crippen molar-refractivity contribution in [2.24, 2.45) is 5.73 Å². The molecule has 0 atom stereocenters. The van der Waals surface area contributed by atoms with E-state index in [2.05, 4.69) is 0 Å². The fourth-order valence-corrected chi connectivity index (χ4v) is 3.32. The number of ether oxygens (including phenoxy) is 1. The number of amides is 1. The molecule has 2 rings (SSSR count). The summed E-state index contributed by atoms with van der Waals surface area (Å²) in [6, 6.07) is 12.6. The van der Waals surface area contributed by atoms with E-state index in [-0.39, 0.29) is 17.1 Å². The van der Waals surface area contributed by atoms with Gasteiger partial charge in [-0.3, -0.25) is 4.79 Å². The van der Waals surface area contributed by atoms with Crippen molar-refractivity contribution in [3.05, 3.63) is 63.7 Å². The molecule has 0 unspecified atom stereocenters. The number of methoxy groups -OCH3 is 1. The number of nitriles is 1. The SMILES string of the molecule is COc1cc(/C=C(\C#N)C(N)=O)cc(CSCc2ccc(Cl)cc2)c1O. The van der Waals surface area contributed by atoms with E-state index in [0.717, 1.165) is 11.3 Å². The zero-order valence-electron chi connectivity index (χ0n) is 14.0. The zero-order valence-corrected chi connectivity index (χ0v) is 15.6. The number of hydrogen-bond acceptors (Lipinski definition) is 5. The van der Waals surface area contributed by atoms with E-state index in [9.17, 15) is 9.90 Å². The van der Waals surface area contributed by atoms with Gasteiger partial charge in [0.1, 0.15) is 11.6 Å². The molecule has 0 fully saturated rings. The van der Waals surface area contributed by atoms with E-state index in [0.29, 0.717) is 21.9 Å². The van der Waals surface area contributed by atoms with Crippen LogP contribution in [0.4, 0.5) is 0 Å². The molecule has 1 amide bonds. The van der Waals surface area contributed by atoms with E-state index >= 15 is 0 Å². The first-order valence-electron chi connectivity index (χ1n) is 7.58. The van der Waals surface area contributed by atoms with Gasteiger partial charge in [-0.15, -0.1) is 0 Å². The molecule has 0 aliphatic carbocycles. The van der Waals surface area contributed by atoms with Crippen LogP contribution in [0.5, 0.6) is 11.5 Å². The van der Waals surface area contributed by atoms with Crippen LogP contribution in [0.2, 0.25) is 5.02 Å². The fraction of sp³-hybridized carbons (Fsp3) is 0.158. The van der Waals surface area contributed by atoms with Crippen molar-refractivity contribution in [3.8, 4) is 17.6 Å². The fourth-order valence-electron chi connectivity index (χ4n) is 2.22. The Kier molecular flexibility index (Phi) is 6.96. The minimum absolute atomic E-state index is 0.0332. The molecule has 7 heteroatoms. The number of carbonyl (C=O) groups is 1. The van der Waals surface area contributed by atoms with Gasteiger partial charge in [-0.05, 0) is 41.5 Å². The summed E-state index contributed by atoms with van der Waals surface area (Å²) in [5, 5.41) is 20.0. The summed E-state index contributed by atoms with van der Waals surface area (Å²) in [5.74, 6) is 0.751. The Labute approximate surface area is 161 Å². The van der Waals surface area contributed by atoms with Crippen molar-refractivity contribution in [2.75, 3.05) is 7.11 Å². The third kappa shape index (κ3) is 5.19. The van der Waals surface area contributed by atoms with Gasteiger partial charge in [0.2, 0.25) is 0 Å². The number of primary amides is 1. The topological polar surface area (TPSA) is 96.3 Å². The van der Waals surface area contributed by atoms with Crippen LogP contribution in [0.25, 0.3) is 6.08 Å². The monoisotopic (exact) mass is 388 g/mol. The van der Waals surface area contributed by atoms with Crippen molar-refractivity contribution < 1.29 is 14.6 Å². The number of nitrogens with two attached hydrogens (primary N) is 1. The van der Waals surface area contributed by atoms with Gasteiger partial charge in [0.25, 0.3) is 5.91 Å². The smallest absolute Gasteiger partial charge is 0.259 e. The molecule has 0 saturated heterocycles. The highest BCUT2D eigenvalue weighted by Gasteiger charge is 2.12. The van der Waals surface area contributed by atoms with Crippen LogP contribution in [-0.4, -0.2) is 18.1 Å². The van der Waals surface area contributed by atoms with Crippen LogP contribution in [0, 0.1) is 11.3 Å². The second-order valence-electron chi connectivity index (χ2n) is 5.38. The van der Waals surface area contributed by atoms with Crippen molar-refractivity contribution in [3.63, 3.8) is 0 Å². The lowest BCUT2D eigenvalue weighted by Crippen LogP contribution is -2.12. The Hall–Kier alpha value is -2.62. The summed E-state index contributed by atoms with van der Waals surface area (Å²) in [5.41, 5.74) is 7.30. The third-order valence-corrected chi connectivity index (χ3v) is 4.84. The molecular weight excluding hydrogens is 372 g/mol. The van der Waals surface area contributed by atoms with Gasteiger partial charge in [-0.2, -0.15) is 17.0 Å². The second-order valence-corrected chi connectivity index (χ2v) is 6.81. The van der Waals surface area contributed by atoms with Crippen LogP contribution < -0.4 is 10.5 Å². The van der Waals surface area contributed by atoms with E-state index in [4.69, 9.17) is 27.3 Å². The van der Waals surface area contributed by atoms with Crippen LogP contribution in [0.15, 0.2) is 42.0 Å². The van der Waals surface area contributed by atoms with Crippen LogP contribution in [0.1, 0.15) is 16.7 Å². The predicted molar refractivity (Wildman–Crippen MR) is 104 cm³/mol. The van der Waals surface area contributed by atoms with Crippen molar-refractivity contribution in [1.82, 2.24) is 0 Å². The van der Waals surface area contributed by atoms with Crippen molar-refractivity contribution in [2.45, 2.75) is 11.5 Å². The number of thioether (sulfide) groups is 1. The molecule has 26 heavy (non-hydrogen) atoms. The first kappa shape index (κ1) is 19.7. The molecule has 5 nitrogen and oxygen atoms in total. The van der Waals surface area contributed by atoms with Crippen molar-refractivity contribution in [1.29, 1.82) is 5.26 Å². The molecule has 0 aromatic heterocycles. The van der Waals surface area contributed by atoms with E-state index in [1.54, 1.807) is 30.0 Å². The van der Waals surface area contributed by atoms with E-state index in [1.807, 2.05) is 24.3 Å². The minimum Gasteiger partial charge on any atom is -0.504 e. The standard InChI is InChI=1S/C19H17ClN2O3S/c1-25-17-8-13(6-14(9-21)19(22)24)7-15(18(17)23)11-26-10-12-2-4-16(20)5-3-12/h2-8,23H,10-11H2,1H3,(H2,22,24)/b14-6+. The van der Waals surface area contributed by atoms with Gasteiger partial charge < -0.3 is 15.6 Å². The Bertz CT molecular complexity index is 874. The van der Waals surface area contributed by atoms with Gasteiger partial charge in [0.15, 0.2) is 11.5 Å². The number of phenolic OH excluding ortho intramolecular Hbond substituents is 1. The van der Waals surface area contributed by atoms with Gasteiger partial charge in [0, 0.05) is 22.1 Å². The molecule has 0 bridgehead atoms. The molecule has 0 aliphatic rings. The number of aromatic hydroxyl groups is 1. The average Bonchev–Trinajstić information content (AvgIpc) is 2.63. The Morgan fingerprint density at radius 2 is 2.04 bits per heavy atom. The van der Waals surface area contributed by atoms with Gasteiger partial charge >= 0.3 is 0 Å².